The average molecular weight is 359 g/mol. The van der Waals surface area contributed by atoms with E-state index in [1.807, 2.05) is 6.92 Å². The molecular formula is C15H26N4O2S2. The van der Waals surface area contributed by atoms with Crippen LogP contribution in [0.3, 0.4) is 0 Å². The zero-order valence-electron chi connectivity index (χ0n) is 14.0. The van der Waals surface area contributed by atoms with Gasteiger partial charge >= 0.3 is 0 Å². The van der Waals surface area contributed by atoms with Crippen LogP contribution in [0.4, 0.5) is 0 Å². The van der Waals surface area contributed by atoms with Crippen molar-refractivity contribution < 1.29 is 8.42 Å². The summed E-state index contributed by atoms with van der Waals surface area (Å²) in [4.78, 5) is 9.14. The minimum atomic E-state index is -2.88. The predicted molar refractivity (Wildman–Crippen MR) is 96.1 cm³/mol. The van der Waals surface area contributed by atoms with Crippen molar-refractivity contribution in [1.82, 2.24) is 15.6 Å². The van der Waals surface area contributed by atoms with Crippen molar-refractivity contribution in [3.8, 4) is 0 Å². The number of hydrogen-bond acceptors (Lipinski definition) is 5. The summed E-state index contributed by atoms with van der Waals surface area (Å²) >= 11 is 1.70. The first-order valence-corrected chi connectivity index (χ1v) is 10.8. The Bertz CT molecular complexity index is 638. The Kier molecular flexibility index (Phi) is 6.41. The van der Waals surface area contributed by atoms with E-state index in [4.69, 9.17) is 0 Å². The third-order valence-electron chi connectivity index (χ3n) is 3.62. The molecule has 0 bridgehead atoms. The molecule has 23 heavy (non-hydrogen) atoms. The summed E-state index contributed by atoms with van der Waals surface area (Å²) in [7, 11) is -2.88. The van der Waals surface area contributed by atoms with Gasteiger partial charge in [-0.25, -0.2) is 13.4 Å². The van der Waals surface area contributed by atoms with Gasteiger partial charge in [0.25, 0.3) is 0 Å². The lowest BCUT2D eigenvalue weighted by molar-refractivity contribution is 0.599. The largest absolute Gasteiger partial charge is 0.357 e. The maximum atomic E-state index is 11.5. The fraction of sp³-hybridized carbons (Fsp3) is 0.733. The maximum absolute atomic E-state index is 11.5. The van der Waals surface area contributed by atoms with Gasteiger partial charge in [-0.1, -0.05) is 13.8 Å². The summed E-state index contributed by atoms with van der Waals surface area (Å²) < 4.78 is 23.1. The zero-order chi connectivity index (χ0) is 16.9. The first kappa shape index (κ1) is 18.2. The van der Waals surface area contributed by atoms with E-state index in [9.17, 15) is 8.42 Å². The Labute approximate surface area is 142 Å². The van der Waals surface area contributed by atoms with E-state index in [2.05, 4.69) is 39.8 Å². The number of hydrogen-bond donors (Lipinski definition) is 2. The monoisotopic (exact) mass is 358 g/mol. The molecule has 0 aliphatic carbocycles. The fourth-order valence-corrected chi connectivity index (χ4v) is 4.95. The normalized spacial score (nSPS) is 20.9. The van der Waals surface area contributed by atoms with Gasteiger partial charge in [0.1, 0.15) is 0 Å². The van der Waals surface area contributed by atoms with E-state index in [1.54, 1.807) is 11.3 Å². The van der Waals surface area contributed by atoms with Crippen LogP contribution in [-0.2, 0) is 16.3 Å². The lowest BCUT2D eigenvalue weighted by atomic mass is 10.2. The van der Waals surface area contributed by atoms with Crippen molar-refractivity contribution in [3.63, 3.8) is 0 Å². The second-order valence-electron chi connectivity index (χ2n) is 6.09. The lowest BCUT2D eigenvalue weighted by Crippen LogP contribution is -2.44. The number of sulfone groups is 1. The van der Waals surface area contributed by atoms with Gasteiger partial charge in [0.05, 0.1) is 22.2 Å². The van der Waals surface area contributed by atoms with E-state index >= 15 is 0 Å². The molecule has 1 unspecified atom stereocenters. The quantitative estimate of drug-likeness (QED) is 0.595. The number of nitrogens with zero attached hydrogens (tertiary/aromatic N) is 2. The van der Waals surface area contributed by atoms with Crippen molar-refractivity contribution >= 4 is 27.1 Å². The van der Waals surface area contributed by atoms with Crippen LogP contribution in [0.5, 0.6) is 0 Å². The second-order valence-corrected chi connectivity index (χ2v) is 9.21. The highest BCUT2D eigenvalue weighted by Crippen LogP contribution is 2.19. The Balaban J connectivity index is 1.88. The molecule has 1 atom stereocenters. The lowest BCUT2D eigenvalue weighted by Gasteiger charge is -2.15. The molecule has 1 aromatic heterocycles. The third-order valence-corrected chi connectivity index (χ3v) is 6.58. The molecule has 1 fully saturated rings. The van der Waals surface area contributed by atoms with Crippen molar-refractivity contribution in [3.05, 3.63) is 16.1 Å². The molecule has 1 aromatic rings. The molecule has 0 saturated carbocycles. The molecule has 2 rings (SSSR count). The van der Waals surface area contributed by atoms with Gasteiger partial charge in [0.2, 0.25) is 0 Å². The highest BCUT2D eigenvalue weighted by Gasteiger charge is 2.28. The smallest absolute Gasteiger partial charge is 0.191 e. The van der Waals surface area contributed by atoms with Crippen molar-refractivity contribution in [2.45, 2.75) is 45.6 Å². The maximum Gasteiger partial charge on any atom is 0.191 e. The number of aliphatic imine (C=N–C) groups is 1. The standard InChI is InChI=1S/C15H26N4O2S2/c1-4-16-15(19-13-6-8-23(20,21)10-13)17-7-5-12-9-22-14(18-12)11(2)3/h9,11,13H,4-8,10H2,1-3H3,(H2,16,17,19). The van der Waals surface area contributed by atoms with E-state index in [0.29, 0.717) is 24.8 Å². The Morgan fingerprint density at radius 2 is 2.30 bits per heavy atom. The van der Waals surface area contributed by atoms with Crippen LogP contribution in [0.1, 0.15) is 43.8 Å². The summed E-state index contributed by atoms with van der Waals surface area (Å²) in [5, 5.41) is 9.65. The van der Waals surface area contributed by atoms with Crippen LogP contribution in [0.2, 0.25) is 0 Å². The van der Waals surface area contributed by atoms with Crippen molar-refractivity contribution in [1.29, 1.82) is 0 Å². The number of aromatic nitrogens is 1. The molecule has 2 N–H and O–H groups in total. The van der Waals surface area contributed by atoms with Crippen LogP contribution in [-0.4, -0.2) is 50.0 Å². The van der Waals surface area contributed by atoms with Gasteiger partial charge in [0, 0.05) is 36.9 Å². The van der Waals surface area contributed by atoms with E-state index < -0.39 is 9.84 Å². The minimum absolute atomic E-state index is 0.0374. The zero-order valence-corrected chi connectivity index (χ0v) is 15.6. The van der Waals surface area contributed by atoms with Crippen LogP contribution in [0, 0.1) is 0 Å². The highest BCUT2D eigenvalue weighted by atomic mass is 32.2. The van der Waals surface area contributed by atoms with Gasteiger partial charge in [0.15, 0.2) is 15.8 Å². The van der Waals surface area contributed by atoms with Gasteiger partial charge < -0.3 is 10.6 Å². The van der Waals surface area contributed by atoms with Crippen LogP contribution in [0.15, 0.2) is 10.4 Å². The van der Waals surface area contributed by atoms with E-state index in [0.717, 1.165) is 23.7 Å². The molecular weight excluding hydrogens is 332 g/mol. The molecule has 1 aliphatic heterocycles. The van der Waals surface area contributed by atoms with Crippen LogP contribution < -0.4 is 10.6 Å². The third kappa shape index (κ3) is 5.76. The summed E-state index contributed by atoms with van der Waals surface area (Å²) in [5.41, 5.74) is 1.07. The summed E-state index contributed by atoms with van der Waals surface area (Å²) in [6, 6.07) is -0.0374. The number of guanidine groups is 1. The molecule has 0 amide bonds. The van der Waals surface area contributed by atoms with E-state index in [-0.39, 0.29) is 17.5 Å². The Morgan fingerprint density at radius 3 is 2.87 bits per heavy atom. The van der Waals surface area contributed by atoms with Crippen molar-refractivity contribution in [2.24, 2.45) is 4.99 Å². The fourth-order valence-electron chi connectivity index (χ4n) is 2.41. The summed E-state index contributed by atoms with van der Waals surface area (Å²) in [6.07, 6.45) is 1.44. The molecule has 1 aliphatic rings. The molecule has 0 spiro atoms. The van der Waals surface area contributed by atoms with Gasteiger partial charge in [-0.3, -0.25) is 4.99 Å². The molecule has 8 heteroatoms. The SMILES string of the molecule is CCNC(=NCCc1csc(C(C)C)n1)NC1CCS(=O)(=O)C1. The number of thiazole rings is 1. The molecule has 2 heterocycles. The number of nitrogens with one attached hydrogen (secondary N) is 2. The van der Waals surface area contributed by atoms with Gasteiger partial charge in [-0.05, 0) is 13.3 Å². The van der Waals surface area contributed by atoms with E-state index in [1.165, 1.54) is 0 Å². The van der Waals surface area contributed by atoms with Gasteiger partial charge in [-0.15, -0.1) is 11.3 Å². The van der Waals surface area contributed by atoms with Crippen molar-refractivity contribution in [2.75, 3.05) is 24.6 Å². The summed E-state index contributed by atoms with van der Waals surface area (Å²) in [6.45, 7) is 7.67. The molecule has 1 saturated heterocycles. The minimum Gasteiger partial charge on any atom is -0.357 e. The highest BCUT2D eigenvalue weighted by molar-refractivity contribution is 7.91. The predicted octanol–water partition coefficient (Wildman–Crippen LogP) is 1.55. The Morgan fingerprint density at radius 1 is 1.52 bits per heavy atom. The first-order chi connectivity index (χ1) is 10.9. The Hall–Kier alpha value is -1.15. The second kappa shape index (κ2) is 8.10. The summed E-state index contributed by atoms with van der Waals surface area (Å²) in [5.74, 6) is 1.61. The number of rotatable bonds is 6. The van der Waals surface area contributed by atoms with Crippen LogP contribution >= 0.6 is 11.3 Å². The van der Waals surface area contributed by atoms with Crippen LogP contribution in [0.25, 0.3) is 0 Å². The average Bonchev–Trinajstić information content (AvgIpc) is 3.06. The molecule has 0 radical (unpaired) electrons. The first-order valence-electron chi connectivity index (χ1n) is 8.09. The topological polar surface area (TPSA) is 83.4 Å². The molecule has 130 valence electrons. The molecule has 0 aromatic carbocycles. The molecule has 6 nitrogen and oxygen atoms in total. The van der Waals surface area contributed by atoms with Gasteiger partial charge in [-0.2, -0.15) is 0 Å².